The number of methoxy groups -OCH3 is 4. The number of carbonyl (C=O) groups excluding carboxylic acids is 5. The number of alkyl halides is 3. The number of para-hydroxylation sites is 5. The standard InChI is InChI=1S/C19H22O5S.C19H22O3S.C18H21NO5S.C18H20O5S.C12H10OS.C7H13ClO2.C5H11NO2.C5H10O2.C2H4BrCl.3CH4.H2O/c1-19(2,18(20)23-3)13-14-25(21,22)17-11-9-16(10-12-17)24-15-7-5-4-6-8-15;1-19(2,18(20)21-3)13-14-23-17-11-9-16(10-12-17)22-15-7-5-4-6-8-15;1-18(2,17(20)19-21)12-13-25(22,23)16-10-8-15(9-11-16)24-14-6-4-3-5-7-14;1-18(2,17(19)20)12-13-24(21,22)16-10-8-15(9-11-16)23-14-6-4-3-5-7-14;14-12-8-6-11(7-9-12)13-10-4-2-1-3-5-10;1-7(2,4-5-8)6(9)10-3;6-8-5-3-1-2-4-7-5;1-4(2)5(6)7-3;3-1-2-4;;;;/h4-12H,13-14H2,1-3H3;4-12H,13-14H2,1-3H3;3-11,21H,12-13H2,1-2H3,(H,19,20);3-11H,12-13H2,1-2H3,(H,19,20);1-9,14H;4-5H2,1-3H3;5H,1-4,6H2;4H,1-3H3;1-2H2;3*1H4;1H2. The van der Waals surface area contributed by atoms with Crippen molar-refractivity contribution < 1.29 is 122 Å². The number of ether oxygens (including phenoxy) is 10. The first-order chi connectivity index (χ1) is 66.1. The van der Waals surface area contributed by atoms with E-state index in [-0.39, 0.29) is 109 Å². The van der Waals surface area contributed by atoms with Crippen LogP contribution in [-0.4, -0.2) is 158 Å². The van der Waals surface area contributed by atoms with Gasteiger partial charge in [-0.25, -0.2) is 36.6 Å². The van der Waals surface area contributed by atoms with Crippen molar-refractivity contribution in [3.63, 3.8) is 0 Å². The summed E-state index contributed by atoms with van der Waals surface area (Å²) >= 11 is 19.7. The van der Waals surface area contributed by atoms with E-state index in [9.17, 15) is 54.0 Å². The summed E-state index contributed by atoms with van der Waals surface area (Å²) in [5, 5.41) is 18.7. The predicted molar refractivity (Wildman–Crippen MR) is 579 cm³/mol. The molecule has 7 N–H and O–H groups in total. The summed E-state index contributed by atoms with van der Waals surface area (Å²) in [6.45, 7) is 21.4. The van der Waals surface area contributed by atoms with Gasteiger partial charge in [0.2, 0.25) is 5.91 Å². The second-order valence-corrected chi connectivity index (χ2v) is 43.9. The maximum absolute atomic E-state index is 12.5. The number of aliphatic carboxylic acids is 1. The van der Waals surface area contributed by atoms with Crippen LogP contribution < -0.4 is 35.1 Å². The summed E-state index contributed by atoms with van der Waals surface area (Å²) in [5.41, 5.74) is -2.24. The maximum atomic E-state index is 12.5. The zero-order chi connectivity index (χ0) is 105. The first-order valence-corrected chi connectivity index (χ1v) is 53.0. The fourth-order valence-electron chi connectivity index (χ4n) is 11.1. The first-order valence-electron chi connectivity index (χ1n) is 44.4. The number of hydroxylamine groups is 1. The molecule has 0 bridgehead atoms. The molecule has 11 rings (SSSR count). The molecule has 1 heterocycles. The number of carbonyl (C=O) groups is 6. The highest BCUT2D eigenvalue weighted by Gasteiger charge is 2.34. The molecule has 28 nitrogen and oxygen atoms in total. The lowest BCUT2D eigenvalue weighted by Crippen LogP contribution is -2.36. The Bertz CT molecular complexity index is 5470. The van der Waals surface area contributed by atoms with Gasteiger partial charge in [0.15, 0.2) is 35.8 Å². The van der Waals surface area contributed by atoms with E-state index >= 15 is 0 Å². The highest BCUT2D eigenvalue weighted by Crippen LogP contribution is 2.35. The summed E-state index contributed by atoms with van der Waals surface area (Å²) in [5.74, 6) is 10.8. The van der Waals surface area contributed by atoms with Gasteiger partial charge in [0.1, 0.15) is 57.5 Å². The number of amides is 1. The van der Waals surface area contributed by atoms with Crippen LogP contribution in [0.1, 0.15) is 157 Å². The molecule has 1 saturated heterocycles. The lowest BCUT2D eigenvalue weighted by molar-refractivity contribution is -0.164. The lowest BCUT2D eigenvalue weighted by atomic mass is 9.89. The summed E-state index contributed by atoms with van der Waals surface area (Å²) in [6.07, 6.45) is 4.86. The van der Waals surface area contributed by atoms with Crippen LogP contribution in [0.25, 0.3) is 0 Å². The average Bonchev–Trinajstić information content (AvgIpc) is 0.825. The Morgan fingerprint density at radius 2 is 0.694 bits per heavy atom. The lowest BCUT2D eigenvalue weighted by Gasteiger charge is -2.21. The van der Waals surface area contributed by atoms with Gasteiger partial charge in [-0.3, -0.25) is 38.8 Å². The van der Waals surface area contributed by atoms with Gasteiger partial charge in [-0.15, -0.1) is 47.6 Å². The number of carboxylic acids is 1. The normalized spacial score (nSPS) is 11.9. The highest BCUT2D eigenvalue weighted by molar-refractivity contribution is 9.09. The molecule has 1 amide bonds. The second-order valence-electron chi connectivity index (χ2n) is 34.3. The topological polar surface area (TPSA) is 416 Å². The summed E-state index contributed by atoms with van der Waals surface area (Å²) in [7, 11) is -5.06. The zero-order valence-electron chi connectivity index (χ0n) is 82.5. The van der Waals surface area contributed by atoms with Crippen molar-refractivity contribution in [1.82, 2.24) is 5.48 Å². The number of nitrogens with one attached hydrogen (secondary N) is 1. The van der Waals surface area contributed by atoms with Crippen LogP contribution in [0.15, 0.2) is 297 Å². The van der Waals surface area contributed by atoms with Crippen molar-refractivity contribution in [3.8, 4) is 57.5 Å². The average molecular weight is 2200 g/mol. The molecule has 1 aliphatic rings. The van der Waals surface area contributed by atoms with Gasteiger partial charge in [-0.2, -0.15) is 0 Å². The van der Waals surface area contributed by atoms with Gasteiger partial charge in [-0.05, 0) is 288 Å². The Morgan fingerprint density at radius 1 is 0.424 bits per heavy atom. The number of hydrogen-bond donors (Lipinski definition) is 5. The van der Waals surface area contributed by atoms with Crippen molar-refractivity contribution in [2.75, 3.05) is 75.1 Å². The summed E-state index contributed by atoms with van der Waals surface area (Å²) < 4.78 is 126. The molecule has 36 heteroatoms. The summed E-state index contributed by atoms with van der Waals surface area (Å²) in [6, 6.07) is 81.1. The van der Waals surface area contributed by atoms with Crippen molar-refractivity contribution in [1.29, 1.82) is 0 Å². The molecule has 1 atom stereocenters. The van der Waals surface area contributed by atoms with Crippen LogP contribution in [0, 0.1) is 33.0 Å². The number of rotatable bonds is 36. The molecule has 0 aromatic heterocycles. The Morgan fingerprint density at radius 3 is 0.931 bits per heavy atom. The number of halogens is 3. The molecule has 10 aromatic rings. The third-order valence-corrected chi connectivity index (χ3v) is 28.1. The third kappa shape index (κ3) is 53.5. The first kappa shape index (κ1) is 135. The van der Waals surface area contributed by atoms with E-state index < -0.39 is 74.4 Å². The minimum atomic E-state index is -3.54. The van der Waals surface area contributed by atoms with Crippen molar-refractivity contribution in [3.05, 3.63) is 273 Å². The summed E-state index contributed by atoms with van der Waals surface area (Å²) in [4.78, 5) is 74.2. The van der Waals surface area contributed by atoms with E-state index in [4.69, 9.17) is 77.3 Å². The van der Waals surface area contributed by atoms with Gasteiger partial charge < -0.3 is 58.0 Å². The minimum absolute atomic E-state index is 0. The van der Waals surface area contributed by atoms with E-state index in [1.54, 1.807) is 119 Å². The smallest absolute Gasteiger partial charge is 0.311 e. The van der Waals surface area contributed by atoms with Gasteiger partial charge >= 0.3 is 29.8 Å². The largest absolute Gasteiger partial charge is 0.481 e. The molecule has 0 aliphatic carbocycles. The Hall–Kier alpha value is -10.6. The van der Waals surface area contributed by atoms with E-state index in [0.717, 1.165) is 69.7 Å². The van der Waals surface area contributed by atoms with Crippen molar-refractivity contribution >= 4 is 129 Å². The molecule has 10 aromatic carbocycles. The van der Waals surface area contributed by atoms with E-state index in [1.807, 2.05) is 204 Å². The molecule has 1 unspecified atom stereocenters. The number of nitrogens with two attached hydrogens (primary N) is 1. The molecule has 144 heavy (non-hydrogen) atoms. The van der Waals surface area contributed by atoms with Crippen LogP contribution in [-0.2, 0) is 86.8 Å². The van der Waals surface area contributed by atoms with Crippen LogP contribution in [0.4, 0.5) is 0 Å². The van der Waals surface area contributed by atoms with Crippen molar-refractivity contribution in [2.45, 2.75) is 187 Å². The number of benzene rings is 10. The fourth-order valence-corrected chi connectivity index (χ4v) is 17.6. The Kier molecular flexibility index (Phi) is 66.1. The highest BCUT2D eigenvalue weighted by atomic mass is 79.9. The molecule has 1 aliphatic heterocycles. The molecule has 0 spiro atoms. The molecular formula is C108H147BrCl2N2O26S5. The van der Waals surface area contributed by atoms with E-state index in [0.29, 0.717) is 52.7 Å². The number of carboxylic acid groups (broad SMARTS) is 1. The second kappa shape index (κ2) is 70.3. The van der Waals surface area contributed by atoms with Crippen LogP contribution in [0.3, 0.4) is 0 Å². The quantitative estimate of drug-likeness (QED) is 0.00463. The Labute approximate surface area is 881 Å². The fraction of sp³-hybridized carbons (Fsp3) is 0.389. The van der Waals surface area contributed by atoms with Gasteiger partial charge in [0.05, 0.1) is 88.0 Å². The number of thiol groups is 1. The maximum Gasteiger partial charge on any atom is 0.311 e. The molecule has 796 valence electrons. The number of thioether (sulfide) groups is 1. The minimum Gasteiger partial charge on any atom is -0.481 e. The predicted octanol–water partition coefficient (Wildman–Crippen LogP) is 25.4. The zero-order valence-corrected chi connectivity index (χ0v) is 89.8. The third-order valence-electron chi connectivity index (χ3n) is 20.3. The number of sulfone groups is 3. The Balaban J connectivity index is 0. The van der Waals surface area contributed by atoms with Crippen LogP contribution in [0.5, 0.6) is 57.5 Å². The monoisotopic (exact) mass is 2200 g/mol. The molecule has 0 radical (unpaired) electrons. The number of esters is 4. The van der Waals surface area contributed by atoms with Gasteiger partial charge in [0.25, 0.3) is 0 Å². The molecule has 0 saturated carbocycles. The van der Waals surface area contributed by atoms with Gasteiger partial charge in [-0.1, -0.05) is 157 Å². The van der Waals surface area contributed by atoms with Crippen LogP contribution in [0.2, 0.25) is 0 Å². The van der Waals surface area contributed by atoms with Crippen molar-refractivity contribution in [2.24, 2.45) is 38.9 Å². The molecule has 1 fully saturated rings. The van der Waals surface area contributed by atoms with E-state index in [2.05, 4.69) is 42.9 Å². The molecular weight excluding hydrogens is 2050 g/mol. The number of hydrogen-bond acceptors (Lipinski definition) is 27. The SMILES string of the molecule is C.C.C.CC(C)(CCS(=O)(=O)c1ccc(Oc2ccccc2)cc1)C(=O)NO.CC(C)(CCS(=O)(=O)c1ccc(Oc2ccccc2)cc1)C(=O)O.COC(=O)C(C)(C)CCCl.COC(=O)C(C)(C)CCS(=O)(=O)c1ccc(Oc2ccccc2)cc1.COC(=O)C(C)(C)CCSc1ccc(Oc2ccccc2)cc1.COC(=O)C(C)C.ClCCBr.NOC1CCCCO1.O.Sc1ccc(Oc2ccccc2)cc1. The van der Waals surface area contributed by atoms with Crippen LogP contribution >= 0.6 is 63.5 Å². The van der Waals surface area contributed by atoms with E-state index in [1.165, 1.54) is 85.1 Å². The van der Waals surface area contributed by atoms with Gasteiger partial charge in [0, 0.05) is 45.3 Å².